The van der Waals surface area contributed by atoms with Crippen LogP contribution in [0, 0.1) is 0 Å². The van der Waals surface area contributed by atoms with Crippen LogP contribution in [-0.4, -0.2) is 41.2 Å². The normalized spacial score (nSPS) is 14.0. The van der Waals surface area contributed by atoms with Gasteiger partial charge in [0.2, 0.25) is 0 Å². The van der Waals surface area contributed by atoms with Gasteiger partial charge in [-0.2, -0.15) is 0 Å². The summed E-state index contributed by atoms with van der Waals surface area (Å²) in [5.74, 6) is 0. The molecule has 0 heterocycles. The van der Waals surface area contributed by atoms with Gasteiger partial charge in [-0.15, -0.1) is 0 Å². The monoisotopic (exact) mass is 404 g/mol. The van der Waals surface area contributed by atoms with Gasteiger partial charge < -0.3 is 0 Å². The second-order valence-corrected chi connectivity index (χ2v) is 38.5. The molecule has 0 fully saturated rings. The van der Waals surface area contributed by atoms with Crippen LogP contribution in [0.1, 0.15) is 0 Å². The van der Waals surface area contributed by atoms with E-state index in [1.807, 2.05) is 0 Å². The van der Waals surface area contributed by atoms with Crippen molar-refractivity contribution in [3.8, 4) is 0 Å². The van der Waals surface area contributed by atoms with Gasteiger partial charge in [0.25, 0.3) is 0 Å². The van der Waals surface area contributed by atoms with E-state index >= 15 is 0 Å². The zero-order valence-electron chi connectivity index (χ0n) is 5.63. The summed E-state index contributed by atoms with van der Waals surface area (Å²) >= 11 is 8.43. The second kappa shape index (κ2) is 5.17. The molecule has 0 nitrogen and oxygen atoms in total. The molecule has 0 amide bonds. The molecule has 0 unspecified atom stereocenters. The molecule has 9 heavy (non-hydrogen) atoms. The van der Waals surface area contributed by atoms with E-state index in [2.05, 4.69) is 9.88 Å². The number of hydrogen-bond donors (Lipinski definition) is 0. The number of rotatable bonds is 3. The summed E-state index contributed by atoms with van der Waals surface area (Å²) in [5.41, 5.74) is 0. The molecule has 0 N–H and O–H groups in total. The van der Waals surface area contributed by atoms with E-state index in [4.69, 9.17) is 32.1 Å². The quantitative estimate of drug-likeness (QED) is 0.502. The Balaban J connectivity index is 3.28. The van der Waals surface area contributed by atoms with E-state index in [1.54, 1.807) is 0 Å². The van der Waals surface area contributed by atoms with Crippen LogP contribution in [-0.2, 0) is 0 Å². The van der Waals surface area contributed by atoms with Gasteiger partial charge in [0.1, 0.15) is 0 Å². The minimum atomic E-state index is -1.96. The Bertz CT molecular complexity index is 78.4. The number of halogens is 3. The van der Waals surface area contributed by atoms with Gasteiger partial charge >= 0.3 is 85.7 Å². The SMILES string of the molecule is [CH3][Sn]([CH3])([Cl])[CH2][SnH2][CH](Cl)Cl. The molecule has 5 heteroatoms. The molecule has 0 aliphatic heterocycles. The zero-order chi connectivity index (χ0) is 7.49. The van der Waals surface area contributed by atoms with E-state index in [-0.39, 0.29) is 2.85 Å². The van der Waals surface area contributed by atoms with E-state index < -0.39 is 38.4 Å². The third-order valence-corrected chi connectivity index (χ3v) is 46.1. The molecule has 0 spiro atoms. The summed E-state index contributed by atoms with van der Waals surface area (Å²) in [7, 11) is 6.12. The fourth-order valence-electron chi connectivity index (χ4n) is 0.452. The van der Waals surface area contributed by atoms with Crippen molar-refractivity contribution in [2.75, 3.05) is 0 Å². The van der Waals surface area contributed by atoms with Crippen molar-refractivity contribution in [1.29, 1.82) is 0 Å². The van der Waals surface area contributed by atoms with E-state index in [9.17, 15) is 0 Å². The fourth-order valence-corrected chi connectivity index (χ4v) is 35.1. The molecule has 0 aliphatic carbocycles. The Labute approximate surface area is 84.4 Å². The maximum atomic E-state index is 6.12. The van der Waals surface area contributed by atoms with Crippen LogP contribution in [0.25, 0.3) is 0 Å². The van der Waals surface area contributed by atoms with Gasteiger partial charge in [0, 0.05) is 0 Å². The molecule has 0 atom stereocenters. The maximum absolute atomic E-state index is 6.12. The van der Waals surface area contributed by atoms with Crippen molar-refractivity contribution in [3.63, 3.8) is 0 Å². The summed E-state index contributed by atoms with van der Waals surface area (Å²) in [4.78, 5) is 4.42. The van der Waals surface area contributed by atoms with Gasteiger partial charge in [-0.3, -0.25) is 0 Å². The average molecular weight is 403 g/mol. The van der Waals surface area contributed by atoms with Gasteiger partial charge in [-0.25, -0.2) is 0 Å². The Hall–Kier alpha value is 2.47. The van der Waals surface area contributed by atoms with Crippen LogP contribution in [0.5, 0.6) is 0 Å². The van der Waals surface area contributed by atoms with Crippen LogP contribution in [0.2, 0.25) is 12.3 Å². The van der Waals surface area contributed by atoms with Crippen LogP contribution in [0.15, 0.2) is 0 Å². The predicted molar refractivity (Wildman–Crippen MR) is 52.2 cm³/mol. The fraction of sp³-hybridized carbons (Fsp3) is 1.00. The molecular weight excluding hydrogens is 392 g/mol. The molecule has 0 aliphatic rings. The standard InChI is InChI=1S/CHCl2.2CH3.CH2.ClH.2Sn.2H/c2-1-3;;;;;;;;/h1H;2*1H3;1H2;1H;;;;/q;;;;;;+1;;/p-1. The van der Waals surface area contributed by atoms with Crippen LogP contribution in [0.4, 0.5) is 0 Å². The number of alkyl halides is 2. The van der Waals surface area contributed by atoms with E-state index in [1.165, 1.54) is 2.45 Å². The van der Waals surface area contributed by atoms with Crippen molar-refractivity contribution < 1.29 is 0 Å². The van der Waals surface area contributed by atoms with Gasteiger partial charge in [-0.05, 0) is 0 Å². The van der Waals surface area contributed by atoms with Crippen molar-refractivity contribution >= 4 is 70.5 Å². The Kier molecular flexibility index (Phi) is 6.59. The number of hydrogen-bond acceptors (Lipinski definition) is 0. The summed E-state index contributed by atoms with van der Waals surface area (Å²) < 4.78 is 1.26. The van der Waals surface area contributed by atoms with E-state index in [0.29, 0.717) is 0 Å². The van der Waals surface area contributed by atoms with Crippen molar-refractivity contribution in [1.82, 2.24) is 0 Å². The molecule has 0 aromatic carbocycles. The first-order valence-electron chi connectivity index (χ1n) is 2.89. The van der Waals surface area contributed by atoms with Crippen molar-refractivity contribution in [2.45, 2.75) is 15.2 Å². The summed E-state index contributed by atoms with van der Waals surface area (Å²) in [6.07, 6.45) is 0. The third-order valence-electron chi connectivity index (χ3n) is 0.957. The molecule has 0 radical (unpaired) electrons. The third kappa shape index (κ3) is 10.5. The van der Waals surface area contributed by atoms with Crippen LogP contribution >= 0.6 is 32.1 Å². The first kappa shape index (κ1) is 11.5. The molecular formula is C4H11Cl3Sn2. The molecule has 0 rings (SSSR count). The first-order valence-corrected chi connectivity index (χ1v) is 20.3. The van der Waals surface area contributed by atoms with Crippen molar-refractivity contribution in [3.05, 3.63) is 0 Å². The summed E-state index contributed by atoms with van der Waals surface area (Å²) in [6.45, 7) is 0. The second-order valence-electron chi connectivity index (χ2n) is 2.65. The van der Waals surface area contributed by atoms with Gasteiger partial charge in [0.05, 0.1) is 0 Å². The molecule has 0 aromatic heterocycles. The van der Waals surface area contributed by atoms with Crippen molar-refractivity contribution in [2.24, 2.45) is 0 Å². The Morgan fingerprint density at radius 3 is 2.00 bits per heavy atom. The molecule has 56 valence electrons. The predicted octanol–water partition coefficient (Wildman–Crippen LogP) is 2.32. The Morgan fingerprint density at radius 2 is 1.89 bits per heavy atom. The summed E-state index contributed by atoms with van der Waals surface area (Å²) in [5, 5.41) is 0. The molecule has 0 saturated heterocycles. The van der Waals surface area contributed by atoms with Gasteiger partial charge in [-0.1, -0.05) is 0 Å². The van der Waals surface area contributed by atoms with Crippen LogP contribution < -0.4 is 0 Å². The zero-order valence-corrected chi connectivity index (χ0v) is 14.8. The topological polar surface area (TPSA) is 0 Å². The van der Waals surface area contributed by atoms with Gasteiger partial charge in [0.15, 0.2) is 0 Å². The molecule has 0 aromatic rings. The minimum absolute atomic E-state index is 0.0125. The average Bonchev–Trinajstić information content (AvgIpc) is 1.59. The molecule has 0 bridgehead atoms. The van der Waals surface area contributed by atoms with E-state index in [0.717, 1.165) is 0 Å². The first-order chi connectivity index (χ1) is 3.92. The van der Waals surface area contributed by atoms with Crippen LogP contribution in [0.3, 0.4) is 0 Å². The summed E-state index contributed by atoms with van der Waals surface area (Å²) in [6, 6.07) is 0. The Morgan fingerprint density at radius 1 is 1.44 bits per heavy atom. The molecule has 0 saturated carbocycles.